The summed E-state index contributed by atoms with van der Waals surface area (Å²) in [6.07, 6.45) is 13.2. The smallest absolute Gasteiger partial charge is 0.133 e. The van der Waals surface area contributed by atoms with E-state index < -0.39 is 17.3 Å². The number of alkyl halides is 1. The van der Waals surface area contributed by atoms with Gasteiger partial charge in [-0.1, -0.05) is 65.8 Å². The van der Waals surface area contributed by atoms with Gasteiger partial charge in [0.2, 0.25) is 0 Å². The molecular formula is C31H39F3N3P. The van der Waals surface area contributed by atoms with Gasteiger partial charge in [-0.05, 0) is 64.8 Å². The lowest BCUT2D eigenvalue weighted by Crippen LogP contribution is -2.18. The van der Waals surface area contributed by atoms with Gasteiger partial charge in [0.1, 0.15) is 23.1 Å². The van der Waals surface area contributed by atoms with Crippen molar-refractivity contribution in [3.8, 4) is 0 Å². The number of allylic oxidation sites excluding steroid dienone is 9. The Labute approximate surface area is 228 Å². The van der Waals surface area contributed by atoms with Gasteiger partial charge in [0.15, 0.2) is 0 Å². The van der Waals surface area contributed by atoms with Crippen molar-refractivity contribution in [1.29, 1.82) is 0 Å². The summed E-state index contributed by atoms with van der Waals surface area (Å²) in [7, 11) is 2.49. The van der Waals surface area contributed by atoms with Gasteiger partial charge < -0.3 is 5.32 Å². The molecule has 0 radical (unpaired) electrons. The van der Waals surface area contributed by atoms with E-state index in [2.05, 4.69) is 44.6 Å². The van der Waals surface area contributed by atoms with E-state index in [1.165, 1.54) is 26.0 Å². The first-order valence-corrected chi connectivity index (χ1v) is 12.9. The third-order valence-corrected chi connectivity index (χ3v) is 5.57. The normalized spacial score (nSPS) is 14.8. The lowest BCUT2D eigenvalue weighted by molar-refractivity contribution is 0.264. The highest BCUT2D eigenvalue weighted by Crippen LogP contribution is 2.29. The molecule has 0 aliphatic rings. The Morgan fingerprint density at radius 2 is 1.92 bits per heavy atom. The van der Waals surface area contributed by atoms with Gasteiger partial charge in [-0.15, -0.1) is 0 Å². The molecule has 0 saturated carbocycles. The Bertz CT molecular complexity index is 1220. The van der Waals surface area contributed by atoms with Crippen LogP contribution in [0.5, 0.6) is 0 Å². The molecule has 0 fully saturated rings. The number of nitrogens with one attached hydrogen (secondary N) is 1. The first kappa shape index (κ1) is 32.8. The van der Waals surface area contributed by atoms with E-state index in [4.69, 9.17) is 0 Å². The molecule has 38 heavy (non-hydrogen) atoms. The molecule has 0 amide bonds. The lowest BCUT2D eigenvalue weighted by Gasteiger charge is -2.17. The lowest BCUT2D eigenvalue weighted by atomic mass is 9.98. The molecule has 0 saturated heterocycles. The number of hydrogen-bond acceptors (Lipinski definition) is 2. The molecule has 0 aliphatic heterocycles. The van der Waals surface area contributed by atoms with Crippen LogP contribution < -0.4 is 5.32 Å². The Morgan fingerprint density at radius 1 is 1.24 bits per heavy atom. The second-order valence-corrected chi connectivity index (χ2v) is 9.61. The SMILES string of the molecule is C=C/C(=C\N=C(C)NC(/C=C\C)=C/CC)c1ccc(CC(P)=NC(/C=C(\C(=C)F)C(C)(C)F)=C/C)cc1F. The second-order valence-electron chi connectivity index (χ2n) is 8.94. The molecule has 0 bridgehead atoms. The van der Waals surface area contributed by atoms with Crippen LogP contribution in [0.25, 0.3) is 5.57 Å². The highest BCUT2D eigenvalue weighted by molar-refractivity contribution is 7.40. The maximum Gasteiger partial charge on any atom is 0.133 e. The van der Waals surface area contributed by atoms with E-state index in [0.717, 1.165) is 12.1 Å². The van der Waals surface area contributed by atoms with Crippen molar-refractivity contribution < 1.29 is 13.2 Å². The Morgan fingerprint density at radius 3 is 2.42 bits per heavy atom. The number of rotatable bonds is 12. The minimum atomic E-state index is -1.91. The number of halogens is 3. The van der Waals surface area contributed by atoms with Crippen molar-refractivity contribution in [3.63, 3.8) is 0 Å². The molecule has 3 nitrogen and oxygen atoms in total. The predicted molar refractivity (Wildman–Crippen MR) is 162 cm³/mol. The summed E-state index contributed by atoms with van der Waals surface area (Å²) in [5.74, 6) is -0.617. The number of benzene rings is 1. The van der Waals surface area contributed by atoms with Crippen LogP contribution in [0.15, 0.2) is 107 Å². The van der Waals surface area contributed by atoms with Crippen LogP contribution in [0, 0.1) is 5.82 Å². The molecule has 1 atom stereocenters. The molecule has 7 heteroatoms. The molecule has 1 aromatic carbocycles. The Hall–Kier alpha value is -3.24. The number of aliphatic imine (C=N–C) groups is 2. The maximum atomic E-state index is 15.1. The molecule has 1 aromatic rings. The third kappa shape index (κ3) is 11.0. The molecule has 1 N–H and O–H groups in total. The Kier molecular flexibility index (Phi) is 13.7. The fraction of sp³-hybridized carbons (Fsp3) is 0.290. The average Bonchev–Trinajstić information content (AvgIpc) is 2.82. The zero-order valence-corrected chi connectivity index (χ0v) is 24.4. The van der Waals surface area contributed by atoms with E-state index >= 15 is 4.39 Å². The topological polar surface area (TPSA) is 36.8 Å². The summed E-state index contributed by atoms with van der Waals surface area (Å²) in [5.41, 5.74) is 1.38. The van der Waals surface area contributed by atoms with Gasteiger partial charge in [0.05, 0.1) is 5.70 Å². The summed E-state index contributed by atoms with van der Waals surface area (Å²) in [4.78, 5) is 8.85. The molecule has 0 aliphatic carbocycles. The van der Waals surface area contributed by atoms with Gasteiger partial charge >= 0.3 is 0 Å². The minimum Gasteiger partial charge on any atom is -0.344 e. The van der Waals surface area contributed by atoms with E-state index in [1.807, 2.05) is 32.1 Å². The van der Waals surface area contributed by atoms with E-state index in [1.54, 1.807) is 37.4 Å². The first-order chi connectivity index (χ1) is 17.9. The largest absolute Gasteiger partial charge is 0.344 e. The number of nitrogens with zero attached hydrogens (tertiary/aromatic N) is 2. The highest BCUT2D eigenvalue weighted by Gasteiger charge is 2.25. The van der Waals surface area contributed by atoms with Crippen molar-refractivity contribution >= 4 is 26.1 Å². The molecule has 1 rings (SSSR count). The zero-order valence-electron chi connectivity index (χ0n) is 23.2. The van der Waals surface area contributed by atoms with Crippen LogP contribution in [0.3, 0.4) is 0 Å². The molecule has 0 spiro atoms. The Balaban J connectivity index is 3.17. The highest BCUT2D eigenvalue weighted by atomic mass is 31.0. The molecule has 204 valence electrons. The van der Waals surface area contributed by atoms with Crippen LogP contribution in [-0.4, -0.2) is 17.0 Å². The fourth-order valence-corrected chi connectivity index (χ4v) is 3.80. The summed E-state index contributed by atoms with van der Waals surface area (Å²) >= 11 is 0. The van der Waals surface area contributed by atoms with Gasteiger partial charge in [-0.25, -0.2) is 18.2 Å². The summed E-state index contributed by atoms with van der Waals surface area (Å²) in [5, 5.41) is 3.22. The maximum absolute atomic E-state index is 15.1. The van der Waals surface area contributed by atoms with Crippen molar-refractivity contribution in [2.45, 2.75) is 60.1 Å². The van der Waals surface area contributed by atoms with Crippen LogP contribution in [0.1, 0.15) is 59.1 Å². The third-order valence-electron chi connectivity index (χ3n) is 5.24. The van der Waals surface area contributed by atoms with Crippen LogP contribution >= 0.6 is 9.24 Å². The fourth-order valence-electron chi connectivity index (χ4n) is 3.42. The zero-order chi connectivity index (χ0) is 28.9. The van der Waals surface area contributed by atoms with Crippen LogP contribution in [-0.2, 0) is 6.42 Å². The van der Waals surface area contributed by atoms with Gasteiger partial charge in [-0.3, -0.25) is 4.99 Å². The van der Waals surface area contributed by atoms with Gasteiger partial charge in [-0.2, -0.15) is 0 Å². The van der Waals surface area contributed by atoms with E-state index in [-0.39, 0.29) is 5.57 Å². The molecule has 0 heterocycles. The van der Waals surface area contributed by atoms with Crippen molar-refractivity contribution in [2.75, 3.05) is 0 Å². The summed E-state index contributed by atoms with van der Waals surface area (Å²) < 4.78 is 43.2. The first-order valence-electron chi connectivity index (χ1n) is 12.4. The molecule has 0 aromatic heterocycles. The van der Waals surface area contributed by atoms with Crippen LogP contribution in [0.2, 0.25) is 0 Å². The van der Waals surface area contributed by atoms with Gasteiger partial charge in [0.25, 0.3) is 0 Å². The minimum absolute atomic E-state index is 0.182. The second kappa shape index (κ2) is 15.9. The monoisotopic (exact) mass is 541 g/mol. The number of hydrogen-bond donors (Lipinski definition) is 1. The van der Waals surface area contributed by atoms with Crippen molar-refractivity contribution in [1.82, 2.24) is 5.32 Å². The quantitative estimate of drug-likeness (QED) is 0.122. The molecule has 1 unspecified atom stereocenters. The predicted octanol–water partition coefficient (Wildman–Crippen LogP) is 9.11. The molecular weight excluding hydrogens is 502 g/mol. The standard InChI is InChI=1S/C31H39F3N3P/c1-9-13-26(14-10-2)36-22(6)35-20-24(11-3)27-16-15-23(17-29(27)33)18-30(38)37-25(12-4)19-28(21(5)32)31(7,8)34/h9,11-17,19-20H,3,5,10,18,38H2,1-2,4,6-8H3,(H,35,36)/b13-9-,24-20+,25-12+,26-14+,28-19+,37-30?. The number of amidine groups is 1. The van der Waals surface area contributed by atoms with Crippen molar-refractivity contribution in [2.24, 2.45) is 9.98 Å². The summed E-state index contributed by atoms with van der Waals surface area (Å²) in [6, 6.07) is 4.90. The van der Waals surface area contributed by atoms with Crippen molar-refractivity contribution in [3.05, 3.63) is 114 Å². The van der Waals surface area contributed by atoms with Gasteiger partial charge in [0, 0.05) is 40.5 Å². The average molecular weight is 542 g/mol. The summed E-state index contributed by atoms with van der Waals surface area (Å²) in [6.45, 7) is 17.1. The van der Waals surface area contributed by atoms with Crippen LogP contribution in [0.4, 0.5) is 13.2 Å². The van der Waals surface area contributed by atoms with E-state index in [9.17, 15) is 8.78 Å². The van der Waals surface area contributed by atoms with E-state index in [0.29, 0.717) is 40.1 Å².